The van der Waals surface area contributed by atoms with Gasteiger partial charge < -0.3 is 20.5 Å². The van der Waals surface area contributed by atoms with Crippen molar-refractivity contribution < 1.29 is 14.6 Å². The SMILES string of the molecule is CCC(CN)CC(=O)N1CCOC(CO)C1. The second-order valence-electron chi connectivity index (χ2n) is 4.23. The molecular weight excluding hydrogens is 208 g/mol. The van der Waals surface area contributed by atoms with E-state index in [1.165, 1.54) is 0 Å². The third kappa shape index (κ3) is 3.73. The quantitative estimate of drug-likeness (QED) is 0.672. The van der Waals surface area contributed by atoms with Gasteiger partial charge in [-0.05, 0) is 12.5 Å². The van der Waals surface area contributed by atoms with Crippen LogP contribution in [0, 0.1) is 5.92 Å². The molecular formula is C11H22N2O3. The number of hydrogen-bond donors (Lipinski definition) is 2. The molecule has 0 bridgehead atoms. The van der Waals surface area contributed by atoms with Crippen LogP contribution in [-0.4, -0.2) is 54.9 Å². The van der Waals surface area contributed by atoms with Crippen LogP contribution in [0.15, 0.2) is 0 Å². The molecule has 1 heterocycles. The molecule has 1 saturated heterocycles. The van der Waals surface area contributed by atoms with Crippen molar-refractivity contribution in [3.63, 3.8) is 0 Å². The van der Waals surface area contributed by atoms with Gasteiger partial charge in [-0.1, -0.05) is 13.3 Å². The molecule has 0 spiro atoms. The molecule has 5 heteroatoms. The molecule has 2 unspecified atom stereocenters. The molecule has 0 aliphatic carbocycles. The van der Waals surface area contributed by atoms with Crippen molar-refractivity contribution in [1.82, 2.24) is 4.90 Å². The Balaban J connectivity index is 2.40. The van der Waals surface area contributed by atoms with Gasteiger partial charge in [-0.15, -0.1) is 0 Å². The van der Waals surface area contributed by atoms with Crippen LogP contribution in [0.1, 0.15) is 19.8 Å². The molecule has 16 heavy (non-hydrogen) atoms. The van der Waals surface area contributed by atoms with E-state index >= 15 is 0 Å². The molecule has 1 fully saturated rings. The monoisotopic (exact) mass is 230 g/mol. The number of nitrogens with two attached hydrogens (primary N) is 1. The number of carbonyl (C=O) groups is 1. The fourth-order valence-electron chi connectivity index (χ4n) is 1.83. The Morgan fingerprint density at radius 1 is 1.69 bits per heavy atom. The minimum Gasteiger partial charge on any atom is -0.394 e. The lowest BCUT2D eigenvalue weighted by Gasteiger charge is -2.32. The summed E-state index contributed by atoms with van der Waals surface area (Å²) in [4.78, 5) is 13.7. The summed E-state index contributed by atoms with van der Waals surface area (Å²) < 4.78 is 5.30. The van der Waals surface area contributed by atoms with E-state index in [0.717, 1.165) is 6.42 Å². The number of rotatable bonds is 5. The third-order valence-electron chi connectivity index (χ3n) is 3.07. The number of aliphatic hydroxyl groups excluding tert-OH is 1. The smallest absolute Gasteiger partial charge is 0.223 e. The van der Waals surface area contributed by atoms with Crippen molar-refractivity contribution in [3.05, 3.63) is 0 Å². The van der Waals surface area contributed by atoms with Gasteiger partial charge >= 0.3 is 0 Å². The maximum atomic E-state index is 11.9. The minimum atomic E-state index is -0.226. The van der Waals surface area contributed by atoms with E-state index in [1.807, 2.05) is 6.92 Å². The molecule has 0 aromatic rings. The third-order valence-corrected chi connectivity index (χ3v) is 3.07. The maximum absolute atomic E-state index is 11.9. The largest absolute Gasteiger partial charge is 0.394 e. The molecule has 2 atom stereocenters. The van der Waals surface area contributed by atoms with Gasteiger partial charge in [0.2, 0.25) is 5.91 Å². The summed E-state index contributed by atoms with van der Waals surface area (Å²) in [5.41, 5.74) is 5.58. The van der Waals surface area contributed by atoms with E-state index in [4.69, 9.17) is 15.6 Å². The first-order valence-electron chi connectivity index (χ1n) is 5.91. The van der Waals surface area contributed by atoms with Gasteiger partial charge in [-0.2, -0.15) is 0 Å². The van der Waals surface area contributed by atoms with E-state index in [-0.39, 0.29) is 24.5 Å². The number of ether oxygens (including phenoxy) is 1. The van der Waals surface area contributed by atoms with Crippen LogP contribution in [0.4, 0.5) is 0 Å². The fourth-order valence-corrected chi connectivity index (χ4v) is 1.83. The standard InChI is InChI=1S/C11H22N2O3/c1-2-9(6-12)5-11(15)13-3-4-16-10(7-13)8-14/h9-10,14H,2-8,12H2,1H3. The summed E-state index contributed by atoms with van der Waals surface area (Å²) in [5, 5.41) is 8.98. The number of nitrogens with zero attached hydrogens (tertiary/aromatic N) is 1. The van der Waals surface area contributed by atoms with Gasteiger partial charge in [0.25, 0.3) is 0 Å². The van der Waals surface area contributed by atoms with Crippen LogP contribution in [0.5, 0.6) is 0 Å². The first-order valence-corrected chi connectivity index (χ1v) is 5.91. The first-order chi connectivity index (χ1) is 7.71. The van der Waals surface area contributed by atoms with Crippen LogP contribution in [0.2, 0.25) is 0 Å². The predicted octanol–water partition coefficient (Wildman–Crippen LogP) is -0.419. The Hall–Kier alpha value is -0.650. The fraction of sp³-hybridized carbons (Fsp3) is 0.909. The van der Waals surface area contributed by atoms with Gasteiger partial charge in [0.1, 0.15) is 0 Å². The van der Waals surface area contributed by atoms with Gasteiger partial charge in [-0.3, -0.25) is 4.79 Å². The number of hydrogen-bond acceptors (Lipinski definition) is 4. The summed E-state index contributed by atoms with van der Waals surface area (Å²) in [6, 6.07) is 0. The Morgan fingerprint density at radius 2 is 2.44 bits per heavy atom. The lowest BCUT2D eigenvalue weighted by Crippen LogP contribution is -2.47. The van der Waals surface area contributed by atoms with Crippen molar-refractivity contribution in [3.8, 4) is 0 Å². The molecule has 0 saturated carbocycles. The average molecular weight is 230 g/mol. The predicted molar refractivity (Wildman–Crippen MR) is 60.9 cm³/mol. The van der Waals surface area contributed by atoms with E-state index < -0.39 is 0 Å². The highest BCUT2D eigenvalue weighted by atomic mass is 16.5. The maximum Gasteiger partial charge on any atom is 0.223 e. The molecule has 1 aliphatic rings. The van der Waals surface area contributed by atoms with Crippen molar-refractivity contribution in [2.75, 3.05) is 32.8 Å². The van der Waals surface area contributed by atoms with Crippen LogP contribution in [-0.2, 0) is 9.53 Å². The molecule has 5 nitrogen and oxygen atoms in total. The van der Waals surface area contributed by atoms with E-state index in [9.17, 15) is 4.79 Å². The lowest BCUT2D eigenvalue weighted by atomic mass is 10.0. The van der Waals surface area contributed by atoms with Gasteiger partial charge in [0, 0.05) is 19.5 Å². The van der Waals surface area contributed by atoms with Crippen molar-refractivity contribution >= 4 is 5.91 Å². The Kier molecular flexibility index (Phi) is 5.73. The highest BCUT2D eigenvalue weighted by Crippen LogP contribution is 2.12. The number of aliphatic hydroxyl groups is 1. The topological polar surface area (TPSA) is 75.8 Å². The second-order valence-corrected chi connectivity index (χ2v) is 4.23. The van der Waals surface area contributed by atoms with Crippen molar-refractivity contribution in [1.29, 1.82) is 0 Å². The average Bonchev–Trinajstić information content (AvgIpc) is 2.35. The normalized spacial score (nSPS) is 23.2. The van der Waals surface area contributed by atoms with Crippen molar-refractivity contribution in [2.24, 2.45) is 11.7 Å². The van der Waals surface area contributed by atoms with E-state index in [2.05, 4.69) is 0 Å². The summed E-state index contributed by atoms with van der Waals surface area (Å²) >= 11 is 0. The molecule has 0 aromatic carbocycles. The minimum absolute atomic E-state index is 0.0299. The Bertz CT molecular complexity index is 219. The first kappa shape index (κ1) is 13.4. The zero-order valence-electron chi connectivity index (χ0n) is 9.89. The zero-order valence-corrected chi connectivity index (χ0v) is 9.89. The molecule has 1 amide bonds. The van der Waals surface area contributed by atoms with E-state index in [1.54, 1.807) is 4.90 Å². The summed E-state index contributed by atoms with van der Waals surface area (Å²) in [6.07, 6.45) is 1.21. The summed E-state index contributed by atoms with van der Waals surface area (Å²) in [5.74, 6) is 0.391. The number of carbonyl (C=O) groups excluding carboxylic acids is 1. The highest BCUT2D eigenvalue weighted by Gasteiger charge is 2.24. The van der Waals surface area contributed by atoms with Crippen molar-refractivity contribution in [2.45, 2.75) is 25.9 Å². The Labute approximate surface area is 96.6 Å². The second kappa shape index (κ2) is 6.83. The number of morpholine rings is 1. The molecule has 1 aliphatic heterocycles. The molecule has 0 radical (unpaired) electrons. The van der Waals surface area contributed by atoms with Crippen LogP contribution >= 0.6 is 0 Å². The summed E-state index contributed by atoms with van der Waals surface area (Å²) in [6.45, 7) is 4.19. The molecule has 0 aromatic heterocycles. The number of amides is 1. The van der Waals surface area contributed by atoms with Crippen LogP contribution in [0.25, 0.3) is 0 Å². The van der Waals surface area contributed by atoms with Gasteiger partial charge in [0.05, 0.1) is 19.3 Å². The highest BCUT2D eigenvalue weighted by molar-refractivity contribution is 5.76. The van der Waals surface area contributed by atoms with Crippen LogP contribution in [0.3, 0.4) is 0 Å². The summed E-state index contributed by atoms with van der Waals surface area (Å²) in [7, 11) is 0. The molecule has 1 rings (SSSR count). The van der Waals surface area contributed by atoms with Gasteiger partial charge in [0.15, 0.2) is 0 Å². The van der Waals surface area contributed by atoms with Crippen LogP contribution < -0.4 is 5.73 Å². The van der Waals surface area contributed by atoms with E-state index in [0.29, 0.717) is 32.7 Å². The zero-order chi connectivity index (χ0) is 12.0. The van der Waals surface area contributed by atoms with Gasteiger partial charge in [-0.25, -0.2) is 0 Å². The lowest BCUT2D eigenvalue weighted by molar-refractivity contribution is -0.141. The molecule has 3 N–H and O–H groups in total. The Morgan fingerprint density at radius 3 is 3.00 bits per heavy atom. The molecule has 94 valence electrons.